The van der Waals surface area contributed by atoms with Gasteiger partial charge < -0.3 is 25.2 Å². The van der Waals surface area contributed by atoms with Crippen LogP contribution in [0.15, 0.2) is 48.8 Å². The fourth-order valence-electron chi connectivity index (χ4n) is 3.60. The molecule has 1 saturated heterocycles. The summed E-state index contributed by atoms with van der Waals surface area (Å²) in [7, 11) is 1.52. The summed E-state index contributed by atoms with van der Waals surface area (Å²) in [5.41, 5.74) is 1.61. The summed E-state index contributed by atoms with van der Waals surface area (Å²) in [4.78, 5) is 34.1. The van der Waals surface area contributed by atoms with Crippen LogP contribution in [0.4, 0.5) is 16.2 Å². The summed E-state index contributed by atoms with van der Waals surface area (Å²) in [6, 6.07) is 9.33. The lowest BCUT2D eigenvalue weighted by molar-refractivity contribution is -0.138. The van der Waals surface area contributed by atoms with Crippen LogP contribution in [-0.2, 0) is 9.53 Å². The molecule has 3 rings (SSSR count). The van der Waals surface area contributed by atoms with Crippen molar-refractivity contribution in [3.63, 3.8) is 0 Å². The molecule has 3 amide bonds. The number of halogens is 1. The van der Waals surface area contributed by atoms with E-state index in [1.807, 2.05) is 25.3 Å². The molecule has 2 aromatic rings. The summed E-state index contributed by atoms with van der Waals surface area (Å²) in [5, 5.41) is 6.07. The Morgan fingerprint density at radius 2 is 1.97 bits per heavy atom. The zero-order chi connectivity index (χ0) is 22.4. The van der Waals surface area contributed by atoms with Crippen molar-refractivity contribution in [3.05, 3.63) is 53.8 Å². The number of hydrogen-bond donors (Lipinski definition) is 2. The summed E-state index contributed by atoms with van der Waals surface area (Å²) in [5.74, 6) is -0.168. The number of urea groups is 1. The van der Waals surface area contributed by atoms with E-state index in [4.69, 9.17) is 16.3 Å². The Morgan fingerprint density at radius 1 is 1.23 bits per heavy atom. The smallest absolute Gasteiger partial charge is 0.319 e. The summed E-state index contributed by atoms with van der Waals surface area (Å²) in [6.45, 7) is 5.68. The minimum atomic E-state index is -0.815. The standard InChI is InChI=1S/C22H28ClN5O3/c1-15-14-27(19-5-4-10-24-13-19)11-12-28(15)21(29)20(16(2)31-3)26-22(30)25-18-8-6-17(23)7-9-18/h4-10,13,15-16,20H,11-12,14H2,1-3H3,(H2,25,26,30)/t15?,16-,20-/m1/s1. The number of methoxy groups -OCH3 is 1. The van der Waals surface area contributed by atoms with Crippen LogP contribution in [-0.4, -0.2) is 66.8 Å². The number of piperazine rings is 1. The maximum absolute atomic E-state index is 13.3. The Labute approximate surface area is 187 Å². The quantitative estimate of drug-likeness (QED) is 0.713. The number of rotatable bonds is 6. The molecule has 0 saturated carbocycles. The lowest BCUT2D eigenvalue weighted by Gasteiger charge is -2.42. The molecule has 1 aromatic carbocycles. The van der Waals surface area contributed by atoms with Crippen LogP contribution in [0.25, 0.3) is 0 Å². The maximum atomic E-state index is 13.3. The number of carbonyl (C=O) groups is 2. The largest absolute Gasteiger partial charge is 0.379 e. The van der Waals surface area contributed by atoms with Crippen LogP contribution >= 0.6 is 11.6 Å². The second-order valence-electron chi connectivity index (χ2n) is 7.56. The fourth-order valence-corrected chi connectivity index (χ4v) is 3.72. The lowest BCUT2D eigenvalue weighted by atomic mass is 10.1. The molecule has 2 N–H and O–H groups in total. The minimum Gasteiger partial charge on any atom is -0.379 e. The molecule has 2 heterocycles. The third-order valence-corrected chi connectivity index (χ3v) is 5.67. The Bertz CT molecular complexity index is 880. The highest BCUT2D eigenvalue weighted by atomic mass is 35.5. The van der Waals surface area contributed by atoms with Gasteiger partial charge >= 0.3 is 6.03 Å². The molecule has 0 bridgehead atoms. The van der Waals surface area contributed by atoms with Crippen molar-refractivity contribution in [1.82, 2.24) is 15.2 Å². The summed E-state index contributed by atoms with van der Waals surface area (Å²) < 4.78 is 5.39. The van der Waals surface area contributed by atoms with Gasteiger partial charge in [-0.1, -0.05) is 11.6 Å². The highest BCUT2D eigenvalue weighted by Crippen LogP contribution is 2.19. The van der Waals surface area contributed by atoms with E-state index in [1.54, 1.807) is 42.3 Å². The highest BCUT2D eigenvalue weighted by molar-refractivity contribution is 6.30. The first kappa shape index (κ1) is 22.8. The second kappa shape index (κ2) is 10.5. The maximum Gasteiger partial charge on any atom is 0.319 e. The number of pyridine rings is 1. The van der Waals surface area contributed by atoms with E-state index < -0.39 is 18.2 Å². The van der Waals surface area contributed by atoms with E-state index in [2.05, 4.69) is 20.5 Å². The van der Waals surface area contributed by atoms with Gasteiger partial charge in [0.15, 0.2) is 0 Å². The Balaban J connectivity index is 1.65. The van der Waals surface area contributed by atoms with Crippen molar-refractivity contribution in [2.45, 2.75) is 32.0 Å². The third-order valence-electron chi connectivity index (χ3n) is 5.42. The van der Waals surface area contributed by atoms with Crippen LogP contribution in [0, 0.1) is 0 Å². The molecular weight excluding hydrogens is 418 g/mol. The van der Waals surface area contributed by atoms with Crippen LogP contribution < -0.4 is 15.5 Å². The van der Waals surface area contributed by atoms with Crippen LogP contribution in [0.1, 0.15) is 13.8 Å². The van der Waals surface area contributed by atoms with Gasteiger partial charge in [-0.15, -0.1) is 0 Å². The number of anilines is 2. The predicted molar refractivity (Wildman–Crippen MR) is 121 cm³/mol. The molecule has 1 unspecified atom stereocenters. The highest BCUT2D eigenvalue weighted by Gasteiger charge is 2.35. The Hall–Kier alpha value is -2.84. The topological polar surface area (TPSA) is 86.8 Å². The van der Waals surface area contributed by atoms with E-state index >= 15 is 0 Å². The zero-order valence-electron chi connectivity index (χ0n) is 17.9. The molecule has 9 heteroatoms. The number of benzene rings is 1. The SMILES string of the molecule is CO[C@H](C)[C@@H](NC(=O)Nc1ccc(Cl)cc1)C(=O)N1CCN(c2cccnc2)CC1C. The van der Waals surface area contributed by atoms with Gasteiger partial charge in [0.05, 0.1) is 18.0 Å². The van der Waals surface area contributed by atoms with Crippen LogP contribution in [0.5, 0.6) is 0 Å². The molecule has 0 radical (unpaired) electrons. The molecule has 1 aliphatic heterocycles. The average Bonchev–Trinajstić information content (AvgIpc) is 2.78. The van der Waals surface area contributed by atoms with Gasteiger partial charge in [0, 0.05) is 49.7 Å². The van der Waals surface area contributed by atoms with E-state index in [0.717, 1.165) is 5.69 Å². The van der Waals surface area contributed by atoms with E-state index in [-0.39, 0.29) is 11.9 Å². The lowest BCUT2D eigenvalue weighted by Crippen LogP contribution is -2.61. The number of amides is 3. The molecule has 1 aliphatic rings. The minimum absolute atomic E-state index is 0.0332. The van der Waals surface area contributed by atoms with Crippen molar-refractivity contribution < 1.29 is 14.3 Å². The molecule has 1 aromatic heterocycles. The molecular formula is C22H28ClN5O3. The van der Waals surface area contributed by atoms with E-state index in [0.29, 0.717) is 30.3 Å². The van der Waals surface area contributed by atoms with Crippen LogP contribution in [0.3, 0.4) is 0 Å². The zero-order valence-corrected chi connectivity index (χ0v) is 18.7. The normalized spacial score (nSPS) is 18.3. The summed E-state index contributed by atoms with van der Waals surface area (Å²) >= 11 is 5.88. The predicted octanol–water partition coefficient (Wildman–Crippen LogP) is 3.00. The van der Waals surface area contributed by atoms with E-state index in [1.165, 1.54) is 7.11 Å². The Morgan fingerprint density at radius 3 is 2.58 bits per heavy atom. The van der Waals surface area contributed by atoms with Crippen molar-refractivity contribution in [1.29, 1.82) is 0 Å². The molecule has 0 spiro atoms. The van der Waals surface area contributed by atoms with Gasteiger partial charge in [-0.25, -0.2) is 4.79 Å². The molecule has 3 atom stereocenters. The van der Waals surface area contributed by atoms with Gasteiger partial charge in [-0.2, -0.15) is 0 Å². The second-order valence-corrected chi connectivity index (χ2v) is 8.00. The number of carbonyl (C=O) groups excluding carboxylic acids is 2. The van der Waals surface area contributed by atoms with Crippen molar-refractivity contribution in [2.24, 2.45) is 0 Å². The number of hydrogen-bond acceptors (Lipinski definition) is 5. The fraction of sp³-hybridized carbons (Fsp3) is 0.409. The monoisotopic (exact) mass is 445 g/mol. The number of ether oxygens (including phenoxy) is 1. The van der Waals surface area contributed by atoms with Gasteiger partial charge in [0.2, 0.25) is 5.91 Å². The average molecular weight is 446 g/mol. The van der Waals surface area contributed by atoms with Crippen molar-refractivity contribution in [3.8, 4) is 0 Å². The molecule has 8 nitrogen and oxygen atoms in total. The van der Waals surface area contributed by atoms with Gasteiger partial charge in [-0.05, 0) is 50.2 Å². The Kier molecular flexibility index (Phi) is 7.70. The molecule has 31 heavy (non-hydrogen) atoms. The van der Waals surface area contributed by atoms with Gasteiger partial charge in [-0.3, -0.25) is 9.78 Å². The molecule has 0 aliphatic carbocycles. The van der Waals surface area contributed by atoms with Crippen molar-refractivity contribution in [2.75, 3.05) is 37.0 Å². The molecule has 166 valence electrons. The first-order chi connectivity index (χ1) is 14.9. The number of nitrogens with zero attached hydrogens (tertiary/aromatic N) is 3. The van der Waals surface area contributed by atoms with Gasteiger partial charge in [0.1, 0.15) is 6.04 Å². The third kappa shape index (κ3) is 5.86. The first-order valence-electron chi connectivity index (χ1n) is 10.2. The van der Waals surface area contributed by atoms with E-state index in [9.17, 15) is 9.59 Å². The van der Waals surface area contributed by atoms with Crippen LogP contribution in [0.2, 0.25) is 5.02 Å². The summed E-state index contributed by atoms with van der Waals surface area (Å²) in [6.07, 6.45) is 3.07. The number of aromatic nitrogens is 1. The first-order valence-corrected chi connectivity index (χ1v) is 10.6. The van der Waals surface area contributed by atoms with Crippen molar-refractivity contribution >= 4 is 34.9 Å². The van der Waals surface area contributed by atoms with Gasteiger partial charge in [0.25, 0.3) is 0 Å². The molecule has 1 fully saturated rings. The number of nitrogens with one attached hydrogen (secondary N) is 2.